The van der Waals surface area contributed by atoms with Gasteiger partial charge in [0.2, 0.25) is 5.91 Å². The van der Waals surface area contributed by atoms with Gasteiger partial charge >= 0.3 is 0 Å². The summed E-state index contributed by atoms with van der Waals surface area (Å²) >= 11 is 0. The molecule has 1 saturated heterocycles. The molecule has 1 aromatic carbocycles. The summed E-state index contributed by atoms with van der Waals surface area (Å²) in [7, 11) is 0. The lowest BCUT2D eigenvalue weighted by Crippen LogP contribution is -2.24. The van der Waals surface area contributed by atoms with Crippen molar-refractivity contribution in [2.45, 2.75) is 32.6 Å². The maximum Gasteiger partial charge on any atom is 0.227 e. The number of hydrogen-bond acceptors (Lipinski definition) is 2. The Morgan fingerprint density at radius 2 is 2.06 bits per heavy atom. The SMILES string of the molecule is CCC(C)c1ccc(N2CC(CO)CC2=O)cc1. The highest BCUT2D eigenvalue weighted by atomic mass is 16.3. The second kappa shape index (κ2) is 5.53. The first-order valence-corrected chi connectivity index (χ1v) is 6.66. The second-order valence-electron chi connectivity index (χ2n) is 5.16. The lowest BCUT2D eigenvalue weighted by atomic mass is 9.98. The molecule has 3 heteroatoms. The van der Waals surface area contributed by atoms with Crippen molar-refractivity contribution < 1.29 is 9.90 Å². The van der Waals surface area contributed by atoms with Gasteiger partial charge in [-0.1, -0.05) is 26.0 Å². The van der Waals surface area contributed by atoms with Gasteiger partial charge in [-0.25, -0.2) is 0 Å². The summed E-state index contributed by atoms with van der Waals surface area (Å²) in [5.74, 6) is 0.760. The average Bonchev–Trinajstić information content (AvgIpc) is 2.79. The molecular weight excluding hydrogens is 226 g/mol. The zero-order valence-corrected chi connectivity index (χ0v) is 11.1. The molecule has 18 heavy (non-hydrogen) atoms. The van der Waals surface area contributed by atoms with Gasteiger partial charge in [0.15, 0.2) is 0 Å². The van der Waals surface area contributed by atoms with E-state index in [1.165, 1.54) is 5.56 Å². The Hall–Kier alpha value is -1.35. The van der Waals surface area contributed by atoms with E-state index in [9.17, 15) is 4.79 Å². The lowest BCUT2D eigenvalue weighted by Gasteiger charge is -2.18. The van der Waals surface area contributed by atoms with Gasteiger partial charge in [-0.3, -0.25) is 4.79 Å². The molecular formula is C15H21NO2. The number of anilines is 1. The van der Waals surface area contributed by atoms with Gasteiger partial charge < -0.3 is 10.0 Å². The summed E-state index contributed by atoms with van der Waals surface area (Å²) in [6, 6.07) is 8.23. The van der Waals surface area contributed by atoms with Crippen LogP contribution in [-0.2, 0) is 4.79 Å². The second-order valence-corrected chi connectivity index (χ2v) is 5.16. The van der Waals surface area contributed by atoms with Gasteiger partial charge in [0.25, 0.3) is 0 Å². The quantitative estimate of drug-likeness (QED) is 0.888. The van der Waals surface area contributed by atoms with Crippen LogP contribution in [0.2, 0.25) is 0 Å². The van der Waals surface area contributed by atoms with Crippen LogP contribution in [0.15, 0.2) is 24.3 Å². The maximum atomic E-state index is 11.8. The van der Waals surface area contributed by atoms with Crippen molar-refractivity contribution in [3.8, 4) is 0 Å². The fourth-order valence-electron chi connectivity index (χ4n) is 2.37. The number of nitrogens with zero attached hydrogens (tertiary/aromatic N) is 1. The van der Waals surface area contributed by atoms with Crippen molar-refractivity contribution in [3.05, 3.63) is 29.8 Å². The maximum absolute atomic E-state index is 11.8. The van der Waals surface area contributed by atoms with E-state index in [4.69, 9.17) is 5.11 Å². The van der Waals surface area contributed by atoms with E-state index in [0.717, 1.165) is 12.1 Å². The number of aliphatic hydroxyl groups is 1. The molecule has 0 aliphatic carbocycles. The fraction of sp³-hybridized carbons (Fsp3) is 0.533. The van der Waals surface area contributed by atoms with Crippen molar-refractivity contribution in [1.82, 2.24) is 0 Å². The molecule has 0 spiro atoms. The molecule has 0 radical (unpaired) electrons. The van der Waals surface area contributed by atoms with E-state index in [-0.39, 0.29) is 18.4 Å². The van der Waals surface area contributed by atoms with Crippen molar-refractivity contribution in [1.29, 1.82) is 0 Å². The van der Waals surface area contributed by atoms with E-state index in [1.807, 2.05) is 12.1 Å². The van der Waals surface area contributed by atoms with Crippen LogP contribution in [0.25, 0.3) is 0 Å². The molecule has 0 aromatic heterocycles. The van der Waals surface area contributed by atoms with Crippen LogP contribution < -0.4 is 4.90 Å². The standard InChI is InChI=1S/C15H21NO2/c1-3-11(2)13-4-6-14(7-5-13)16-9-12(10-17)8-15(16)18/h4-7,11-12,17H,3,8-10H2,1-2H3. The Bertz CT molecular complexity index is 413. The molecule has 1 aromatic rings. The topological polar surface area (TPSA) is 40.5 Å². The van der Waals surface area contributed by atoms with Crippen LogP contribution in [0.1, 0.15) is 38.2 Å². The van der Waals surface area contributed by atoms with Crippen LogP contribution in [0.3, 0.4) is 0 Å². The molecule has 1 fully saturated rings. The molecule has 2 atom stereocenters. The predicted octanol–water partition coefficient (Wildman–Crippen LogP) is 2.55. The molecule has 1 amide bonds. The number of carbonyl (C=O) groups excluding carboxylic acids is 1. The Morgan fingerprint density at radius 3 is 2.56 bits per heavy atom. The van der Waals surface area contributed by atoms with Crippen LogP contribution in [0.4, 0.5) is 5.69 Å². The Balaban J connectivity index is 2.12. The summed E-state index contributed by atoms with van der Waals surface area (Å²) in [5, 5.41) is 9.12. The van der Waals surface area contributed by atoms with Gasteiger partial charge in [-0.2, -0.15) is 0 Å². The molecule has 3 nitrogen and oxygen atoms in total. The Kier molecular flexibility index (Phi) is 4.02. The fourth-order valence-corrected chi connectivity index (χ4v) is 2.37. The van der Waals surface area contributed by atoms with E-state index in [2.05, 4.69) is 26.0 Å². The number of amides is 1. The highest BCUT2D eigenvalue weighted by Crippen LogP contribution is 2.27. The predicted molar refractivity (Wildman–Crippen MR) is 72.7 cm³/mol. The van der Waals surface area contributed by atoms with Crippen molar-refractivity contribution in [2.24, 2.45) is 5.92 Å². The first-order valence-electron chi connectivity index (χ1n) is 6.66. The third kappa shape index (κ3) is 2.56. The van der Waals surface area contributed by atoms with Crippen molar-refractivity contribution in [3.63, 3.8) is 0 Å². The number of rotatable bonds is 4. The highest BCUT2D eigenvalue weighted by molar-refractivity contribution is 5.95. The van der Waals surface area contributed by atoms with Gasteiger partial charge in [0.05, 0.1) is 0 Å². The molecule has 98 valence electrons. The normalized spacial score (nSPS) is 21.4. The summed E-state index contributed by atoms with van der Waals surface area (Å²) < 4.78 is 0. The first-order chi connectivity index (χ1) is 8.65. The highest BCUT2D eigenvalue weighted by Gasteiger charge is 2.29. The number of benzene rings is 1. The summed E-state index contributed by atoms with van der Waals surface area (Å²) in [4.78, 5) is 13.6. The zero-order valence-electron chi connectivity index (χ0n) is 11.1. The van der Waals surface area contributed by atoms with E-state index < -0.39 is 0 Å². The summed E-state index contributed by atoms with van der Waals surface area (Å²) in [6.07, 6.45) is 1.58. The summed E-state index contributed by atoms with van der Waals surface area (Å²) in [5.41, 5.74) is 2.26. The Labute approximate surface area is 108 Å². The number of aliphatic hydroxyl groups excluding tert-OH is 1. The molecule has 0 bridgehead atoms. The Morgan fingerprint density at radius 1 is 1.39 bits per heavy atom. The third-order valence-corrected chi connectivity index (χ3v) is 3.85. The molecule has 1 aliphatic rings. The van der Waals surface area contributed by atoms with Gasteiger partial charge in [-0.05, 0) is 30.0 Å². The lowest BCUT2D eigenvalue weighted by molar-refractivity contribution is -0.117. The number of carbonyl (C=O) groups is 1. The van der Waals surface area contributed by atoms with Crippen LogP contribution in [0.5, 0.6) is 0 Å². The van der Waals surface area contributed by atoms with Gasteiger partial charge in [0, 0.05) is 31.2 Å². The average molecular weight is 247 g/mol. The molecule has 1 aliphatic heterocycles. The molecule has 2 rings (SSSR count). The van der Waals surface area contributed by atoms with E-state index in [0.29, 0.717) is 18.9 Å². The van der Waals surface area contributed by atoms with E-state index in [1.54, 1.807) is 4.90 Å². The minimum absolute atomic E-state index is 0.0896. The first kappa shape index (κ1) is 13.1. The van der Waals surface area contributed by atoms with Crippen molar-refractivity contribution in [2.75, 3.05) is 18.1 Å². The van der Waals surface area contributed by atoms with Crippen LogP contribution in [0, 0.1) is 5.92 Å². The van der Waals surface area contributed by atoms with Gasteiger partial charge in [0.1, 0.15) is 0 Å². The summed E-state index contributed by atoms with van der Waals surface area (Å²) in [6.45, 7) is 5.11. The minimum Gasteiger partial charge on any atom is -0.396 e. The largest absolute Gasteiger partial charge is 0.396 e. The van der Waals surface area contributed by atoms with Crippen molar-refractivity contribution >= 4 is 11.6 Å². The monoisotopic (exact) mass is 247 g/mol. The van der Waals surface area contributed by atoms with Crippen LogP contribution in [-0.4, -0.2) is 24.2 Å². The molecule has 0 saturated carbocycles. The van der Waals surface area contributed by atoms with Gasteiger partial charge in [-0.15, -0.1) is 0 Å². The third-order valence-electron chi connectivity index (χ3n) is 3.85. The molecule has 2 unspecified atom stereocenters. The van der Waals surface area contributed by atoms with E-state index >= 15 is 0 Å². The zero-order chi connectivity index (χ0) is 13.1. The minimum atomic E-state index is 0.0896. The van der Waals surface area contributed by atoms with Crippen LogP contribution >= 0.6 is 0 Å². The smallest absolute Gasteiger partial charge is 0.227 e. The molecule has 1 N–H and O–H groups in total. The molecule has 1 heterocycles. The number of hydrogen-bond donors (Lipinski definition) is 1.